The van der Waals surface area contributed by atoms with Crippen molar-refractivity contribution in [1.29, 1.82) is 0 Å². The lowest BCUT2D eigenvalue weighted by molar-refractivity contribution is 0.658. The number of fused-ring (bicyclic) bond motifs is 8. The summed E-state index contributed by atoms with van der Waals surface area (Å²) in [6.45, 7) is 8.54. The van der Waals surface area contributed by atoms with Crippen molar-refractivity contribution >= 4 is 99.5 Å². The molecular formula is C60H44N2O2. The average Bonchev–Trinajstić information content (AvgIpc) is 3.84. The van der Waals surface area contributed by atoms with Crippen LogP contribution in [0.5, 0.6) is 0 Å². The van der Waals surface area contributed by atoms with E-state index < -0.39 is 0 Å². The van der Waals surface area contributed by atoms with E-state index in [1.807, 2.05) is 0 Å². The number of hydrogen-bond acceptors (Lipinski definition) is 4. The molecular weight excluding hydrogens is 781 g/mol. The lowest BCUT2D eigenvalue weighted by Gasteiger charge is -2.26. The molecule has 0 saturated carbocycles. The molecule has 0 amide bonds. The molecule has 0 atom stereocenters. The molecule has 2 heterocycles. The first-order valence-corrected chi connectivity index (χ1v) is 22.0. The van der Waals surface area contributed by atoms with Crippen LogP contribution in [0.4, 0.5) is 34.1 Å². The summed E-state index contributed by atoms with van der Waals surface area (Å²) in [5, 5.41) is 8.81. The van der Waals surface area contributed by atoms with E-state index in [0.29, 0.717) is 0 Å². The topological polar surface area (TPSA) is 32.8 Å². The Balaban J connectivity index is 1.03. The molecule has 0 spiro atoms. The van der Waals surface area contributed by atoms with Crippen LogP contribution in [0.3, 0.4) is 0 Å². The predicted molar refractivity (Wildman–Crippen MR) is 270 cm³/mol. The summed E-state index contributed by atoms with van der Waals surface area (Å²) in [6, 6.07) is 70.1. The first-order chi connectivity index (χ1) is 31.3. The van der Waals surface area contributed by atoms with Gasteiger partial charge in [0, 0.05) is 55.7 Å². The van der Waals surface area contributed by atoms with Crippen molar-refractivity contribution in [3.05, 3.63) is 216 Å². The normalized spacial score (nSPS) is 11.8. The zero-order valence-electron chi connectivity index (χ0n) is 36.2. The van der Waals surface area contributed by atoms with E-state index in [9.17, 15) is 0 Å². The van der Waals surface area contributed by atoms with Crippen molar-refractivity contribution in [2.45, 2.75) is 27.7 Å². The van der Waals surface area contributed by atoms with Gasteiger partial charge in [-0.1, -0.05) is 102 Å². The summed E-state index contributed by atoms with van der Waals surface area (Å²) in [7, 11) is 0. The van der Waals surface area contributed by atoms with E-state index in [0.717, 1.165) is 111 Å². The Morgan fingerprint density at radius 1 is 0.297 bits per heavy atom. The number of rotatable bonds is 7. The molecule has 4 heteroatoms. The van der Waals surface area contributed by atoms with Crippen molar-refractivity contribution in [3.63, 3.8) is 0 Å². The highest BCUT2D eigenvalue weighted by Gasteiger charge is 2.23. The molecule has 64 heavy (non-hydrogen) atoms. The summed E-state index contributed by atoms with van der Waals surface area (Å²) in [4.78, 5) is 4.66. The van der Waals surface area contributed by atoms with Gasteiger partial charge in [-0.15, -0.1) is 0 Å². The summed E-state index contributed by atoms with van der Waals surface area (Å²) in [6.07, 6.45) is 0. The molecule has 0 aliphatic carbocycles. The van der Waals surface area contributed by atoms with Gasteiger partial charge in [-0.05, 0) is 169 Å². The van der Waals surface area contributed by atoms with Gasteiger partial charge >= 0.3 is 0 Å². The predicted octanol–water partition coefficient (Wildman–Crippen LogP) is 17.6. The van der Waals surface area contributed by atoms with Crippen LogP contribution in [0.25, 0.3) is 76.5 Å². The second kappa shape index (κ2) is 14.8. The Labute approximate surface area is 371 Å². The van der Waals surface area contributed by atoms with E-state index in [1.54, 1.807) is 0 Å². The number of benzene rings is 10. The van der Waals surface area contributed by atoms with Crippen molar-refractivity contribution in [2.75, 3.05) is 9.80 Å². The monoisotopic (exact) mass is 824 g/mol. The summed E-state index contributed by atoms with van der Waals surface area (Å²) in [5.41, 5.74) is 16.9. The molecule has 0 saturated heterocycles. The zero-order valence-corrected chi connectivity index (χ0v) is 36.2. The second-order valence-electron chi connectivity index (χ2n) is 17.4. The van der Waals surface area contributed by atoms with Crippen molar-refractivity contribution in [3.8, 4) is 11.1 Å². The standard InChI is InChI=1S/C60H44N2O2/c1-37-16-22-46(23-17-37)61(48-14-8-10-39(3)28-48)50-26-20-42-32-52-54-36-55-53-33-43-21-27-51(62(47-24-18-38(2)19-25-47)49-15-9-11-40(4)29-49)31-45(43)35-57(53)64-60(55)58(41-12-6-5-7-13-41)59(54)63-56(52)34-44(42)30-50/h5-36H,1-4H3. The van der Waals surface area contributed by atoms with E-state index in [2.05, 4.69) is 232 Å². The molecule has 306 valence electrons. The van der Waals surface area contributed by atoms with Gasteiger partial charge in [-0.2, -0.15) is 0 Å². The molecule has 12 aromatic rings. The molecule has 0 N–H and O–H groups in total. The van der Waals surface area contributed by atoms with Crippen molar-refractivity contribution < 1.29 is 8.83 Å². The quantitative estimate of drug-likeness (QED) is 0.160. The van der Waals surface area contributed by atoms with Crippen LogP contribution in [0.15, 0.2) is 203 Å². The fourth-order valence-electron chi connectivity index (χ4n) is 9.56. The minimum atomic E-state index is 0.822. The Morgan fingerprint density at radius 3 is 1.19 bits per heavy atom. The number of nitrogens with zero attached hydrogens (tertiary/aromatic N) is 2. The third-order valence-electron chi connectivity index (χ3n) is 12.8. The van der Waals surface area contributed by atoms with Gasteiger partial charge in [0.05, 0.1) is 5.56 Å². The maximum atomic E-state index is 6.99. The Bertz CT molecular complexity index is 3540. The fourth-order valence-corrected chi connectivity index (χ4v) is 9.56. The molecule has 0 bridgehead atoms. The molecule has 0 radical (unpaired) electrons. The number of hydrogen-bond donors (Lipinski definition) is 0. The molecule has 0 unspecified atom stereocenters. The van der Waals surface area contributed by atoms with Gasteiger partial charge in [-0.25, -0.2) is 0 Å². The smallest absolute Gasteiger partial charge is 0.147 e. The van der Waals surface area contributed by atoms with Gasteiger partial charge in [0.25, 0.3) is 0 Å². The minimum absolute atomic E-state index is 0.822. The van der Waals surface area contributed by atoms with Crippen LogP contribution in [0.2, 0.25) is 0 Å². The maximum absolute atomic E-state index is 6.99. The lowest BCUT2D eigenvalue weighted by atomic mass is 9.97. The molecule has 0 aliphatic rings. The first kappa shape index (κ1) is 37.7. The SMILES string of the molecule is Cc1ccc(N(c2cccc(C)c2)c2ccc3cc4c(cc3c2)oc2c(-c3ccccc3)c3oc5cc6cc(N(c7ccc(C)cc7)c7cccc(C)c7)ccc6cc5c3cc24)cc1. The summed E-state index contributed by atoms with van der Waals surface area (Å²) >= 11 is 0. The van der Waals surface area contributed by atoms with E-state index >= 15 is 0 Å². The molecule has 2 aromatic heterocycles. The van der Waals surface area contributed by atoms with E-state index in [-0.39, 0.29) is 0 Å². The number of aryl methyl sites for hydroxylation is 4. The van der Waals surface area contributed by atoms with Gasteiger partial charge in [0.15, 0.2) is 0 Å². The zero-order chi connectivity index (χ0) is 43.1. The third kappa shape index (κ3) is 6.37. The van der Waals surface area contributed by atoms with Gasteiger partial charge < -0.3 is 18.6 Å². The van der Waals surface area contributed by atoms with Crippen LogP contribution >= 0.6 is 0 Å². The van der Waals surface area contributed by atoms with Gasteiger partial charge in [-0.3, -0.25) is 0 Å². The lowest BCUT2D eigenvalue weighted by Crippen LogP contribution is -2.10. The van der Waals surface area contributed by atoms with Gasteiger partial charge in [0.2, 0.25) is 0 Å². The average molecular weight is 825 g/mol. The third-order valence-corrected chi connectivity index (χ3v) is 12.8. The van der Waals surface area contributed by atoms with E-state index in [4.69, 9.17) is 8.83 Å². The first-order valence-electron chi connectivity index (χ1n) is 22.0. The Morgan fingerprint density at radius 2 is 0.734 bits per heavy atom. The molecule has 10 aromatic carbocycles. The van der Waals surface area contributed by atoms with Crippen LogP contribution in [-0.2, 0) is 0 Å². The van der Waals surface area contributed by atoms with Crippen molar-refractivity contribution in [2.24, 2.45) is 0 Å². The highest BCUT2D eigenvalue weighted by molar-refractivity contribution is 6.24. The number of furan rings is 2. The Hall–Kier alpha value is -8.08. The summed E-state index contributed by atoms with van der Waals surface area (Å²) < 4.78 is 14.0. The highest BCUT2D eigenvalue weighted by atomic mass is 16.3. The molecule has 12 rings (SSSR count). The molecule has 4 nitrogen and oxygen atoms in total. The number of anilines is 6. The van der Waals surface area contributed by atoms with Crippen molar-refractivity contribution in [1.82, 2.24) is 0 Å². The van der Waals surface area contributed by atoms with Crippen LogP contribution in [-0.4, -0.2) is 0 Å². The highest BCUT2D eigenvalue weighted by Crippen LogP contribution is 2.47. The van der Waals surface area contributed by atoms with Crippen LogP contribution in [0, 0.1) is 27.7 Å². The van der Waals surface area contributed by atoms with Gasteiger partial charge in [0.1, 0.15) is 22.3 Å². The second-order valence-corrected chi connectivity index (χ2v) is 17.4. The largest absolute Gasteiger partial charge is 0.455 e. The van der Waals surface area contributed by atoms with Crippen LogP contribution in [0.1, 0.15) is 22.3 Å². The van der Waals surface area contributed by atoms with Crippen LogP contribution < -0.4 is 9.80 Å². The molecule has 0 fully saturated rings. The van der Waals surface area contributed by atoms with E-state index in [1.165, 1.54) is 22.3 Å². The molecule has 0 aliphatic heterocycles. The fraction of sp³-hybridized carbons (Fsp3) is 0.0667. The maximum Gasteiger partial charge on any atom is 0.147 e. The minimum Gasteiger partial charge on any atom is -0.455 e. The Kier molecular flexibility index (Phi) is 8.70. The summed E-state index contributed by atoms with van der Waals surface area (Å²) in [5.74, 6) is 0.